The molecule has 7 nitrogen and oxygen atoms in total. The minimum Gasteiger partial charge on any atom is -0.496 e. The van der Waals surface area contributed by atoms with E-state index in [1.54, 1.807) is 28.7 Å². The van der Waals surface area contributed by atoms with E-state index in [0.717, 1.165) is 39.0 Å². The van der Waals surface area contributed by atoms with E-state index in [0.29, 0.717) is 39.4 Å². The Bertz CT molecular complexity index is 2170. The fraction of sp³-hybridized carbons (Fsp3) is 0.250. The Balaban J connectivity index is 1.61. The third kappa shape index (κ3) is 5.11. The Labute approximate surface area is 264 Å². The van der Waals surface area contributed by atoms with Crippen LogP contribution >= 0.6 is 11.3 Å². The number of hydrogen-bond donors (Lipinski definition) is 0. The average Bonchev–Trinajstić information content (AvgIpc) is 3.49. The Kier molecular flexibility index (Phi) is 8.05. The summed E-state index contributed by atoms with van der Waals surface area (Å²) >= 11 is 1.30. The summed E-state index contributed by atoms with van der Waals surface area (Å²) in [4.78, 5) is 35.8. The lowest BCUT2D eigenvalue weighted by molar-refractivity contribution is -0.127. The molecule has 6 rings (SSSR count). The molecule has 1 atom stereocenters. The summed E-state index contributed by atoms with van der Waals surface area (Å²) in [6, 6.07) is 19.4. The lowest BCUT2D eigenvalue weighted by Gasteiger charge is -2.30. The molecule has 0 spiro atoms. The van der Waals surface area contributed by atoms with Crippen molar-refractivity contribution in [1.82, 2.24) is 14.0 Å². The number of thiazole rings is 1. The maximum Gasteiger partial charge on any atom is 0.271 e. The molecule has 1 aliphatic rings. The molecule has 45 heavy (non-hydrogen) atoms. The summed E-state index contributed by atoms with van der Waals surface area (Å²) in [6.07, 6.45) is 1.88. The van der Waals surface area contributed by atoms with Crippen LogP contribution in [0, 0.1) is 19.7 Å². The number of aromatic nitrogens is 2. The summed E-state index contributed by atoms with van der Waals surface area (Å²) in [6.45, 7) is 10.8. The van der Waals surface area contributed by atoms with Gasteiger partial charge in [0.25, 0.3) is 11.5 Å². The Morgan fingerprint density at radius 1 is 1.04 bits per heavy atom. The number of carbonyl (C=O) groups excluding carboxylic acids is 1. The van der Waals surface area contributed by atoms with Gasteiger partial charge in [0.05, 0.1) is 22.9 Å². The highest BCUT2D eigenvalue weighted by Gasteiger charge is 2.36. The molecule has 0 unspecified atom stereocenters. The van der Waals surface area contributed by atoms with E-state index in [-0.39, 0.29) is 17.3 Å². The number of ether oxygens (including phenoxy) is 1. The molecule has 1 aliphatic heterocycles. The highest BCUT2D eigenvalue weighted by Crippen LogP contribution is 2.40. The van der Waals surface area contributed by atoms with Crippen LogP contribution in [0.2, 0.25) is 0 Å². The Morgan fingerprint density at radius 3 is 2.44 bits per heavy atom. The molecule has 1 amide bonds. The van der Waals surface area contributed by atoms with Gasteiger partial charge in [-0.05, 0) is 93.4 Å². The van der Waals surface area contributed by atoms with E-state index in [1.807, 2.05) is 87.7 Å². The average molecular weight is 623 g/mol. The number of allylic oxidation sites excluding steroid dienone is 1. The van der Waals surface area contributed by atoms with E-state index in [4.69, 9.17) is 9.73 Å². The zero-order valence-electron chi connectivity index (χ0n) is 26.2. The number of nitrogens with zero attached hydrogens (tertiary/aromatic N) is 4. The summed E-state index contributed by atoms with van der Waals surface area (Å²) in [5, 5.41) is 1.88. The molecule has 0 fully saturated rings. The molecular formula is C36H35FN4O3S. The van der Waals surface area contributed by atoms with Crippen LogP contribution in [0.3, 0.4) is 0 Å². The van der Waals surface area contributed by atoms with Crippen molar-refractivity contribution in [1.29, 1.82) is 0 Å². The number of benzene rings is 3. The van der Waals surface area contributed by atoms with Gasteiger partial charge in [0.15, 0.2) is 4.80 Å². The van der Waals surface area contributed by atoms with Gasteiger partial charge in [-0.15, -0.1) is 0 Å². The first-order valence-corrected chi connectivity index (χ1v) is 15.8. The van der Waals surface area contributed by atoms with Crippen molar-refractivity contribution in [2.24, 2.45) is 4.99 Å². The van der Waals surface area contributed by atoms with Gasteiger partial charge in [-0.1, -0.05) is 41.7 Å². The second-order valence-corrected chi connectivity index (χ2v) is 12.1. The van der Waals surface area contributed by atoms with Crippen LogP contribution in [0.25, 0.3) is 22.5 Å². The molecule has 0 aliphatic carbocycles. The van der Waals surface area contributed by atoms with Crippen molar-refractivity contribution >= 4 is 34.1 Å². The van der Waals surface area contributed by atoms with E-state index in [2.05, 4.69) is 0 Å². The molecular weight excluding hydrogens is 587 g/mol. The Morgan fingerprint density at radius 2 is 1.76 bits per heavy atom. The van der Waals surface area contributed by atoms with E-state index < -0.39 is 6.04 Å². The number of likely N-dealkylation sites (N-methyl/N-ethyl adjacent to an activating group) is 1. The second-order valence-electron chi connectivity index (χ2n) is 11.1. The van der Waals surface area contributed by atoms with Gasteiger partial charge in [0.2, 0.25) is 0 Å². The van der Waals surface area contributed by atoms with E-state index >= 15 is 0 Å². The van der Waals surface area contributed by atoms with Crippen LogP contribution in [0.1, 0.15) is 49.3 Å². The number of halogens is 1. The summed E-state index contributed by atoms with van der Waals surface area (Å²) in [7, 11) is 1.61. The zero-order valence-corrected chi connectivity index (χ0v) is 27.0. The van der Waals surface area contributed by atoms with Crippen LogP contribution in [0.4, 0.5) is 4.39 Å². The molecule has 0 saturated carbocycles. The standard InChI is InChI=1S/C36H35FN4O3S/c1-7-39(8-2)35(43)31-22(4)38-36-41(33(31)32-28-12-10-9-11-24(28)13-18-29(32)44-6)34(42)30(45-36)20-25-19-21(3)40(23(25)5)27-16-14-26(37)15-17-27/h9-20,33H,7-8H2,1-6H3/b30-20+/t33-/m0/s1. The lowest BCUT2D eigenvalue weighted by Crippen LogP contribution is -2.43. The number of hydrogen-bond acceptors (Lipinski definition) is 5. The van der Waals surface area contributed by atoms with Crippen molar-refractivity contribution in [3.8, 4) is 11.4 Å². The molecule has 3 heterocycles. The first kappa shape index (κ1) is 30.3. The fourth-order valence-electron chi connectivity index (χ4n) is 6.35. The van der Waals surface area contributed by atoms with Gasteiger partial charge in [0.1, 0.15) is 17.6 Å². The highest BCUT2D eigenvalue weighted by molar-refractivity contribution is 7.07. The summed E-state index contributed by atoms with van der Waals surface area (Å²) < 4.78 is 23.7. The predicted molar refractivity (Wildman–Crippen MR) is 177 cm³/mol. The van der Waals surface area contributed by atoms with Crippen molar-refractivity contribution < 1.29 is 13.9 Å². The van der Waals surface area contributed by atoms with Crippen molar-refractivity contribution in [3.63, 3.8) is 0 Å². The molecule has 2 aromatic heterocycles. The van der Waals surface area contributed by atoms with Crippen LogP contribution in [-0.4, -0.2) is 40.1 Å². The van der Waals surface area contributed by atoms with Crippen LogP contribution < -0.4 is 19.6 Å². The SMILES string of the molecule is CCN(CC)C(=O)C1=C(C)N=c2s/c(=C/c3cc(C)n(-c4ccc(F)cc4)c3C)c(=O)n2[C@@H]1c1c(OC)ccc2ccccc12. The van der Waals surface area contributed by atoms with Gasteiger partial charge in [-0.25, -0.2) is 9.38 Å². The monoisotopic (exact) mass is 622 g/mol. The zero-order chi connectivity index (χ0) is 32.0. The molecule has 0 saturated heterocycles. The smallest absolute Gasteiger partial charge is 0.271 e. The third-order valence-corrected chi connectivity index (χ3v) is 9.55. The molecule has 0 radical (unpaired) electrons. The summed E-state index contributed by atoms with van der Waals surface area (Å²) in [5.41, 5.74) is 5.15. The predicted octanol–water partition coefficient (Wildman–Crippen LogP) is 5.81. The number of fused-ring (bicyclic) bond motifs is 2. The first-order chi connectivity index (χ1) is 21.7. The number of amides is 1. The maximum absolute atomic E-state index is 14.5. The van der Waals surface area contributed by atoms with Crippen molar-refractivity contribution in [2.45, 2.75) is 40.7 Å². The molecule has 9 heteroatoms. The lowest BCUT2D eigenvalue weighted by atomic mass is 9.90. The topological polar surface area (TPSA) is 68.8 Å². The number of methoxy groups -OCH3 is 1. The van der Waals surface area contributed by atoms with E-state index in [1.165, 1.54) is 23.5 Å². The molecule has 0 N–H and O–H groups in total. The minimum atomic E-state index is -0.746. The van der Waals surface area contributed by atoms with Crippen molar-refractivity contribution in [2.75, 3.05) is 20.2 Å². The first-order valence-electron chi connectivity index (χ1n) is 15.0. The Hall–Kier alpha value is -4.76. The van der Waals surface area contributed by atoms with Gasteiger partial charge >= 0.3 is 0 Å². The highest BCUT2D eigenvalue weighted by atomic mass is 32.1. The van der Waals surface area contributed by atoms with Crippen LogP contribution in [0.15, 0.2) is 87.8 Å². The number of carbonyl (C=O) groups is 1. The maximum atomic E-state index is 14.5. The largest absolute Gasteiger partial charge is 0.496 e. The quantitative estimate of drug-likeness (QED) is 0.230. The third-order valence-electron chi connectivity index (χ3n) is 8.57. The van der Waals surface area contributed by atoms with Gasteiger partial charge in [-0.3, -0.25) is 14.2 Å². The minimum absolute atomic E-state index is 0.154. The molecule has 3 aromatic carbocycles. The molecule has 5 aromatic rings. The van der Waals surface area contributed by atoms with Gasteiger partial charge in [0, 0.05) is 35.7 Å². The normalized spacial score (nSPS) is 14.9. The fourth-order valence-corrected chi connectivity index (χ4v) is 7.38. The van der Waals surface area contributed by atoms with Crippen molar-refractivity contribution in [3.05, 3.63) is 126 Å². The van der Waals surface area contributed by atoms with Crippen LogP contribution in [-0.2, 0) is 4.79 Å². The van der Waals surface area contributed by atoms with Gasteiger partial charge in [-0.2, -0.15) is 0 Å². The number of rotatable bonds is 7. The summed E-state index contributed by atoms with van der Waals surface area (Å²) in [5.74, 6) is 0.142. The molecule has 0 bridgehead atoms. The number of aryl methyl sites for hydroxylation is 1. The van der Waals surface area contributed by atoms with Gasteiger partial charge < -0.3 is 14.2 Å². The van der Waals surface area contributed by atoms with E-state index in [9.17, 15) is 14.0 Å². The molecule has 230 valence electrons. The second kappa shape index (κ2) is 12.0. The van der Waals surface area contributed by atoms with Crippen LogP contribution in [0.5, 0.6) is 5.75 Å².